The Balaban J connectivity index is 1.83. The van der Waals surface area contributed by atoms with Gasteiger partial charge in [0.15, 0.2) is 0 Å². The van der Waals surface area contributed by atoms with Crippen LogP contribution < -0.4 is 11.5 Å². The molecular weight excluding hydrogens is 256 g/mol. The van der Waals surface area contributed by atoms with Gasteiger partial charge in [0.25, 0.3) is 0 Å². The summed E-state index contributed by atoms with van der Waals surface area (Å²) >= 11 is 2.00. The van der Waals surface area contributed by atoms with Crippen molar-refractivity contribution in [3.05, 3.63) is 29.8 Å². The Morgan fingerprint density at radius 1 is 1.21 bits per heavy atom. The smallest absolute Gasteiger partial charge is 0.211 e. The quantitative estimate of drug-likeness (QED) is 0.493. The highest BCUT2D eigenvalue weighted by Crippen LogP contribution is 2.34. The molecule has 0 saturated heterocycles. The van der Waals surface area contributed by atoms with Gasteiger partial charge in [-0.05, 0) is 30.5 Å². The van der Waals surface area contributed by atoms with Gasteiger partial charge in [-0.1, -0.05) is 25.0 Å². The second-order valence-electron chi connectivity index (χ2n) is 4.70. The molecule has 4 N–H and O–H groups in total. The highest BCUT2D eigenvalue weighted by molar-refractivity contribution is 8.00. The van der Waals surface area contributed by atoms with Gasteiger partial charge < -0.3 is 11.5 Å². The Labute approximate surface area is 118 Å². The van der Waals surface area contributed by atoms with Crippen LogP contribution in [0.2, 0.25) is 0 Å². The Bertz CT molecular complexity index is 443. The summed E-state index contributed by atoms with van der Waals surface area (Å²) in [5.41, 5.74) is 11.6. The average molecular weight is 276 g/mol. The van der Waals surface area contributed by atoms with E-state index in [4.69, 9.17) is 11.5 Å². The summed E-state index contributed by atoms with van der Waals surface area (Å²) in [5, 5.41) is 8.16. The lowest BCUT2D eigenvalue weighted by molar-refractivity contribution is 0.886. The van der Waals surface area contributed by atoms with Crippen molar-refractivity contribution in [2.45, 2.75) is 42.2 Å². The van der Waals surface area contributed by atoms with Crippen LogP contribution in [0.4, 0.5) is 0 Å². The predicted molar refractivity (Wildman–Crippen MR) is 82.6 cm³/mol. The number of rotatable bonds is 5. The van der Waals surface area contributed by atoms with Gasteiger partial charge in [0.2, 0.25) is 5.96 Å². The van der Waals surface area contributed by atoms with E-state index in [9.17, 15) is 0 Å². The van der Waals surface area contributed by atoms with Crippen molar-refractivity contribution in [1.82, 2.24) is 0 Å². The van der Waals surface area contributed by atoms with Crippen molar-refractivity contribution >= 4 is 23.9 Å². The van der Waals surface area contributed by atoms with Gasteiger partial charge >= 0.3 is 0 Å². The van der Waals surface area contributed by atoms with E-state index in [1.807, 2.05) is 11.8 Å². The molecule has 0 atom stereocenters. The normalized spacial score (nSPS) is 16.0. The zero-order valence-corrected chi connectivity index (χ0v) is 11.8. The van der Waals surface area contributed by atoms with Crippen LogP contribution in [0.25, 0.3) is 0 Å². The van der Waals surface area contributed by atoms with E-state index >= 15 is 0 Å². The van der Waals surface area contributed by atoms with Gasteiger partial charge in [0.1, 0.15) is 0 Å². The molecule has 0 amide bonds. The summed E-state index contributed by atoms with van der Waals surface area (Å²) < 4.78 is 0. The van der Waals surface area contributed by atoms with E-state index in [1.54, 1.807) is 6.21 Å². The number of hydrogen-bond donors (Lipinski definition) is 2. The first-order valence-corrected chi connectivity index (χ1v) is 7.48. The van der Waals surface area contributed by atoms with Crippen molar-refractivity contribution in [3.8, 4) is 0 Å². The molecule has 1 aliphatic rings. The molecule has 102 valence electrons. The zero-order chi connectivity index (χ0) is 13.5. The standard InChI is InChI=1S/C14H20N4S/c15-14(16)18-17-10-9-11-5-7-13(8-6-11)19-12-3-1-2-4-12/h5-8,10,12H,1-4,9H2,(H4,15,16,18). The van der Waals surface area contributed by atoms with Crippen LogP contribution in [0.15, 0.2) is 39.4 Å². The maximum atomic E-state index is 5.18. The fourth-order valence-electron chi connectivity index (χ4n) is 2.16. The Hall–Kier alpha value is -1.49. The molecule has 1 saturated carbocycles. The second kappa shape index (κ2) is 7.19. The van der Waals surface area contributed by atoms with Gasteiger partial charge in [-0.2, -0.15) is 5.10 Å². The third-order valence-electron chi connectivity index (χ3n) is 3.11. The minimum absolute atomic E-state index is 0.0143. The van der Waals surface area contributed by atoms with Crippen LogP contribution in [0.1, 0.15) is 31.2 Å². The largest absolute Gasteiger partial charge is 0.369 e. The molecule has 4 nitrogen and oxygen atoms in total. The molecule has 0 aliphatic heterocycles. The van der Waals surface area contributed by atoms with Crippen LogP contribution in [0.3, 0.4) is 0 Å². The lowest BCUT2D eigenvalue weighted by Crippen LogP contribution is -2.21. The molecule has 0 heterocycles. The van der Waals surface area contributed by atoms with Crippen LogP contribution in [0, 0.1) is 0 Å². The van der Waals surface area contributed by atoms with E-state index < -0.39 is 0 Å². The zero-order valence-electron chi connectivity index (χ0n) is 11.0. The second-order valence-corrected chi connectivity index (χ2v) is 6.07. The third kappa shape index (κ3) is 4.95. The molecule has 0 radical (unpaired) electrons. The van der Waals surface area contributed by atoms with E-state index in [0.717, 1.165) is 11.7 Å². The number of nitrogens with zero attached hydrogens (tertiary/aromatic N) is 2. The van der Waals surface area contributed by atoms with E-state index in [1.165, 1.54) is 36.1 Å². The molecule has 5 heteroatoms. The van der Waals surface area contributed by atoms with Crippen LogP contribution >= 0.6 is 11.8 Å². The molecule has 1 aliphatic carbocycles. The number of benzene rings is 1. The molecule has 19 heavy (non-hydrogen) atoms. The summed E-state index contributed by atoms with van der Waals surface area (Å²) in [6.07, 6.45) is 7.94. The van der Waals surface area contributed by atoms with Gasteiger partial charge in [0, 0.05) is 22.8 Å². The number of nitrogens with two attached hydrogens (primary N) is 2. The number of guanidine groups is 1. The first-order chi connectivity index (χ1) is 9.24. The maximum absolute atomic E-state index is 5.18. The Kier molecular flexibility index (Phi) is 5.27. The monoisotopic (exact) mass is 276 g/mol. The van der Waals surface area contributed by atoms with Gasteiger partial charge in [-0.15, -0.1) is 16.9 Å². The van der Waals surface area contributed by atoms with Crippen molar-refractivity contribution in [3.63, 3.8) is 0 Å². The first-order valence-electron chi connectivity index (χ1n) is 6.60. The van der Waals surface area contributed by atoms with Crippen molar-refractivity contribution < 1.29 is 0 Å². The highest BCUT2D eigenvalue weighted by Gasteiger charge is 2.15. The van der Waals surface area contributed by atoms with Crippen LogP contribution in [0.5, 0.6) is 0 Å². The summed E-state index contributed by atoms with van der Waals surface area (Å²) in [4.78, 5) is 1.36. The summed E-state index contributed by atoms with van der Waals surface area (Å²) in [5.74, 6) is -0.0143. The minimum Gasteiger partial charge on any atom is -0.369 e. The Morgan fingerprint density at radius 3 is 2.53 bits per heavy atom. The van der Waals surface area contributed by atoms with Gasteiger partial charge in [-0.3, -0.25) is 0 Å². The summed E-state index contributed by atoms with van der Waals surface area (Å²) in [6, 6.07) is 8.65. The summed E-state index contributed by atoms with van der Waals surface area (Å²) in [7, 11) is 0. The molecule has 0 aromatic heterocycles. The van der Waals surface area contributed by atoms with Crippen molar-refractivity contribution in [2.24, 2.45) is 21.7 Å². The topological polar surface area (TPSA) is 76.8 Å². The lowest BCUT2D eigenvalue weighted by atomic mass is 10.2. The molecule has 0 bridgehead atoms. The number of thioether (sulfide) groups is 1. The van der Waals surface area contributed by atoms with Crippen molar-refractivity contribution in [2.75, 3.05) is 0 Å². The van der Waals surface area contributed by atoms with Crippen LogP contribution in [-0.2, 0) is 6.42 Å². The average Bonchev–Trinajstić information content (AvgIpc) is 2.89. The maximum Gasteiger partial charge on any atom is 0.211 e. The highest BCUT2D eigenvalue weighted by atomic mass is 32.2. The van der Waals surface area contributed by atoms with Gasteiger partial charge in [-0.25, -0.2) is 0 Å². The van der Waals surface area contributed by atoms with E-state index in [2.05, 4.69) is 34.5 Å². The molecule has 0 unspecified atom stereocenters. The Morgan fingerprint density at radius 2 is 1.89 bits per heavy atom. The first kappa shape index (κ1) is 13.9. The van der Waals surface area contributed by atoms with Crippen molar-refractivity contribution in [1.29, 1.82) is 0 Å². The number of hydrogen-bond acceptors (Lipinski definition) is 3. The van der Waals surface area contributed by atoms with Crippen LogP contribution in [-0.4, -0.2) is 17.4 Å². The molecule has 0 spiro atoms. The fourth-order valence-corrected chi connectivity index (χ4v) is 3.40. The minimum atomic E-state index is -0.0143. The molecule has 1 aromatic carbocycles. The van der Waals surface area contributed by atoms with E-state index in [0.29, 0.717) is 0 Å². The van der Waals surface area contributed by atoms with E-state index in [-0.39, 0.29) is 5.96 Å². The lowest BCUT2D eigenvalue weighted by Gasteiger charge is -2.08. The van der Waals surface area contributed by atoms with Gasteiger partial charge in [0.05, 0.1) is 0 Å². The third-order valence-corrected chi connectivity index (χ3v) is 4.46. The molecule has 2 rings (SSSR count). The SMILES string of the molecule is NC(N)=NN=CCc1ccc(SC2CCCC2)cc1. The molecule has 1 fully saturated rings. The summed E-state index contributed by atoms with van der Waals surface area (Å²) in [6.45, 7) is 0. The molecule has 1 aromatic rings. The predicted octanol–water partition coefficient (Wildman–Crippen LogP) is 2.52. The fraction of sp³-hybridized carbons (Fsp3) is 0.429. The molecular formula is C14H20N4S.